The number of hydrogen-bond acceptors (Lipinski definition) is 5. The number of nitrogens with one attached hydrogen (secondary N) is 2. The van der Waals surface area contributed by atoms with E-state index in [1.807, 2.05) is 0 Å². The van der Waals surface area contributed by atoms with Crippen molar-refractivity contribution in [3.05, 3.63) is 29.8 Å². The zero-order chi connectivity index (χ0) is 23.4. The lowest BCUT2D eigenvalue weighted by Crippen LogP contribution is -2.63. The van der Waals surface area contributed by atoms with E-state index in [2.05, 4.69) is 44.9 Å². The van der Waals surface area contributed by atoms with Crippen LogP contribution in [0, 0.1) is 11.8 Å². The highest BCUT2D eigenvalue weighted by molar-refractivity contribution is 5.82. The van der Waals surface area contributed by atoms with E-state index in [4.69, 9.17) is 0 Å². The van der Waals surface area contributed by atoms with Crippen molar-refractivity contribution in [3.63, 3.8) is 0 Å². The van der Waals surface area contributed by atoms with Crippen molar-refractivity contribution in [2.24, 2.45) is 11.8 Å². The van der Waals surface area contributed by atoms with Gasteiger partial charge in [-0.25, -0.2) is 0 Å². The lowest BCUT2D eigenvalue weighted by atomic mass is 9.67. The van der Waals surface area contributed by atoms with Crippen molar-refractivity contribution in [3.8, 4) is 0 Å². The number of fused-ring (bicyclic) bond motifs is 3. The number of carbonyl (C=O) groups is 1. The molecule has 6 rings (SSSR count). The molecular formula is C25H34F3N5O. The fourth-order valence-electron chi connectivity index (χ4n) is 6.94. The lowest BCUT2D eigenvalue weighted by Gasteiger charge is -2.50. The highest BCUT2D eigenvalue weighted by atomic mass is 19.4. The number of anilines is 1. The van der Waals surface area contributed by atoms with Gasteiger partial charge in [-0.15, -0.1) is 0 Å². The molecule has 0 radical (unpaired) electrons. The minimum atomic E-state index is -4.39. The molecule has 2 saturated carbocycles. The Kier molecular flexibility index (Phi) is 5.77. The number of alkyl halides is 3. The summed E-state index contributed by atoms with van der Waals surface area (Å²) in [5, 5.41) is 0. The zero-order valence-electron chi connectivity index (χ0n) is 19.4. The normalized spacial score (nSPS) is 34.8. The number of piperazine rings is 1. The van der Waals surface area contributed by atoms with E-state index in [1.165, 1.54) is 24.1 Å². The van der Waals surface area contributed by atoms with Crippen molar-refractivity contribution < 1.29 is 18.0 Å². The summed E-state index contributed by atoms with van der Waals surface area (Å²) < 4.78 is 40.3. The maximum absolute atomic E-state index is 13.4. The Morgan fingerprint density at radius 2 is 1.82 bits per heavy atom. The summed E-state index contributed by atoms with van der Waals surface area (Å²) >= 11 is 0. The largest absolute Gasteiger partial charge is 0.406 e. The maximum Gasteiger partial charge on any atom is 0.406 e. The standard InChI is InChI=1S/C25H34F3N5O/c26-25(27,28)15-33-22-13-17(4-7-20(22)23-21(24(33)34)14-29-30-23)16-2-1-3-19(12-16)32-10-8-31(9-11-32)18-5-6-18/h1-3,12,17-18,20-23,29-30H,4-11,13-15H2. The molecule has 5 unspecified atom stereocenters. The molecule has 186 valence electrons. The first-order valence-corrected chi connectivity index (χ1v) is 12.8. The second-order valence-corrected chi connectivity index (χ2v) is 10.8. The Hall–Kier alpha value is -1.84. The van der Waals surface area contributed by atoms with Gasteiger partial charge in [0.15, 0.2) is 0 Å². The number of rotatable bonds is 4. The number of halogens is 3. The SMILES string of the molecule is O=C1C2CNNC2C2CCC(c3cccc(N4CCN(C5CC5)CC4)c3)CC2N1CC(F)(F)F. The Balaban J connectivity index is 1.19. The van der Waals surface area contributed by atoms with Gasteiger partial charge in [-0.2, -0.15) is 13.2 Å². The first kappa shape index (κ1) is 22.6. The van der Waals surface area contributed by atoms with Crippen molar-refractivity contribution in [2.75, 3.05) is 44.2 Å². The van der Waals surface area contributed by atoms with Crippen LogP contribution in [0.25, 0.3) is 0 Å². The molecule has 1 amide bonds. The van der Waals surface area contributed by atoms with E-state index in [1.54, 1.807) is 0 Å². The van der Waals surface area contributed by atoms with Gasteiger partial charge in [-0.05, 0) is 61.6 Å². The van der Waals surface area contributed by atoms with Gasteiger partial charge < -0.3 is 9.80 Å². The van der Waals surface area contributed by atoms with Crippen LogP contribution < -0.4 is 15.8 Å². The van der Waals surface area contributed by atoms with E-state index in [9.17, 15) is 18.0 Å². The van der Waals surface area contributed by atoms with Crippen LogP contribution in [0.4, 0.5) is 18.9 Å². The van der Waals surface area contributed by atoms with Crippen LogP contribution in [0.2, 0.25) is 0 Å². The molecule has 5 fully saturated rings. The number of carbonyl (C=O) groups excluding carboxylic acids is 1. The first-order valence-electron chi connectivity index (χ1n) is 12.8. The molecule has 0 bridgehead atoms. The van der Waals surface area contributed by atoms with E-state index in [0.29, 0.717) is 13.0 Å². The molecule has 2 N–H and O–H groups in total. The van der Waals surface area contributed by atoms with Crippen LogP contribution in [0.1, 0.15) is 43.6 Å². The number of piperidine rings is 1. The van der Waals surface area contributed by atoms with Gasteiger partial charge in [0.25, 0.3) is 0 Å². The van der Waals surface area contributed by atoms with E-state index >= 15 is 0 Å². The highest BCUT2D eigenvalue weighted by Crippen LogP contribution is 2.45. The van der Waals surface area contributed by atoms with Gasteiger partial charge in [0, 0.05) is 56.5 Å². The molecular weight excluding hydrogens is 443 g/mol. The van der Waals surface area contributed by atoms with Gasteiger partial charge in [0.1, 0.15) is 6.54 Å². The van der Waals surface area contributed by atoms with Crippen LogP contribution in [-0.4, -0.2) is 79.3 Å². The second kappa shape index (κ2) is 8.68. The number of likely N-dealkylation sites (tertiary alicyclic amines) is 1. The van der Waals surface area contributed by atoms with E-state index in [0.717, 1.165) is 50.0 Å². The van der Waals surface area contributed by atoms with Crippen LogP contribution in [0.15, 0.2) is 24.3 Å². The average Bonchev–Trinajstić information content (AvgIpc) is 3.57. The van der Waals surface area contributed by atoms with E-state index < -0.39 is 18.6 Å². The quantitative estimate of drug-likeness (QED) is 0.699. The second-order valence-electron chi connectivity index (χ2n) is 10.8. The maximum atomic E-state index is 13.4. The molecule has 3 saturated heterocycles. The van der Waals surface area contributed by atoms with Gasteiger partial charge in [-0.1, -0.05) is 12.1 Å². The van der Waals surface area contributed by atoms with Crippen LogP contribution in [-0.2, 0) is 4.79 Å². The predicted molar refractivity (Wildman–Crippen MR) is 123 cm³/mol. The Labute approximate surface area is 198 Å². The number of hydrogen-bond donors (Lipinski definition) is 2. The number of nitrogens with zero attached hydrogens (tertiary/aromatic N) is 3. The van der Waals surface area contributed by atoms with Gasteiger partial charge in [0.05, 0.1) is 5.92 Å². The summed E-state index contributed by atoms with van der Waals surface area (Å²) in [7, 11) is 0. The number of benzene rings is 1. The van der Waals surface area contributed by atoms with Crippen LogP contribution >= 0.6 is 0 Å². The topological polar surface area (TPSA) is 50.9 Å². The number of amides is 1. The zero-order valence-corrected chi connectivity index (χ0v) is 19.4. The van der Waals surface area contributed by atoms with Gasteiger partial charge >= 0.3 is 6.18 Å². The minimum Gasteiger partial charge on any atom is -0.369 e. The monoisotopic (exact) mass is 477 g/mol. The molecule has 2 aliphatic carbocycles. The molecule has 5 atom stereocenters. The molecule has 1 aromatic rings. The van der Waals surface area contributed by atoms with Crippen molar-refractivity contribution >= 4 is 11.6 Å². The van der Waals surface area contributed by atoms with Gasteiger partial charge in [0.2, 0.25) is 5.91 Å². The summed E-state index contributed by atoms with van der Waals surface area (Å²) in [5.41, 5.74) is 8.63. The molecule has 3 heterocycles. The molecule has 34 heavy (non-hydrogen) atoms. The van der Waals surface area contributed by atoms with Crippen LogP contribution in [0.3, 0.4) is 0 Å². The lowest BCUT2D eigenvalue weighted by molar-refractivity contribution is -0.178. The molecule has 0 aromatic heterocycles. The van der Waals surface area contributed by atoms with Gasteiger partial charge in [-0.3, -0.25) is 20.5 Å². The summed E-state index contributed by atoms with van der Waals surface area (Å²) in [6.07, 6.45) is 0.648. The summed E-state index contributed by atoms with van der Waals surface area (Å²) in [6, 6.07) is 8.94. The molecule has 1 aromatic carbocycles. The Morgan fingerprint density at radius 1 is 1.03 bits per heavy atom. The third-order valence-corrected chi connectivity index (χ3v) is 8.79. The van der Waals surface area contributed by atoms with E-state index in [-0.39, 0.29) is 29.8 Å². The van der Waals surface area contributed by atoms with Crippen molar-refractivity contribution in [2.45, 2.75) is 62.3 Å². The molecule has 3 aliphatic heterocycles. The third kappa shape index (κ3) is 4.31. The molecule has 9 heteroatoms. The molecule has 5 aliphatic rings. The molecule has 0 spiro atoms. The Bertz CT molecular complexity index is 914. The fourth-order valence-corrected chi connectivity index (χ4v) is 6.94. The summed E-state index contributed by atoms with van der Waals surface area (Å²) in [5.74, 6) is -0.542. The molecule has 6 nitrogen and oxygen atoms in total. The van der Waals surface area contributed by atoms with Crippen molar-refractivity contribution in [1.82, 2.24) is 20.7 Å². The number of hydrazine groups is 1. The summed E-state index contributed by atoms with van der Waals surface area (Å²) in [6.45, 7) is 3.49. The average molecular weight is 478 g/mol. The highest BCUT2D eigenvalue weighted by Gasteiger charge is 2.54. The fraction of sp³-hybridized carbons (Fsp3) is 0.720. The first-order chi connectivity index (χ1) is 16.4. The Morgan fingerprint density at radius 3 is 2.56 bits per heavy atom. The van der Waals surface area contributed by atoms with Crippen LogP contribution in [0.5, 0.6) is 0 Å². The third-order valence-electron chi connectivity index (χ3n) is 8.79. The smallest absolute Gasteiger partial charge is 0.369 e. The predicted octanol–water partition coefficient (Wildman–Crippen LogP) is 2.72. The summed E-state index contributed by atoms with van der Waals surface area (Å²) in [4.78, 5) is 19.2. The minimum absolute atomic E-state index is 0.0509. The van der Waals surface area contributed by atoms with Crippen molar-refractivity contribution in [1.29, 1.82) is 0 Å².